The highest BCUT2D eigenvalue weighted by Gasteiger charge is 2.24. The van der Waals surface area contributed by atoms with Crippen molar-refractivity contribution in [1.29, 1.82) is 0 Å². The SMILES string of the molecule is c1ccc(-c2ccc(-c3c4oc5ccc(N(c6cccc(-c7ccccc7)c6)c6cccc7c6sc6ccccc67)cc5c4cc4oc5ccccc5c34)cc2)cc1. The lowest BCUT2D eigenvalue weighted by atomic mass is 9.95. The number of rotatable bonds is 6. The first-order valence-electron chi connectivity index (χ1n) is 19.6. The molecule has 0 fully saturated rings. The van der Waals surface area contributed by atoms with Crippen LogP contribution in [0.25, 0.3) is 97.4 Å². The second-order valence-electron chi connectivity index (χ2n) is 14.8. The Morgan fingerprint density at radius 2 is 0.983 bits per heavy atom. The molecule has 3 nitrogen and oxygen atoms in total. The number of furan rings is 2. The van der Waals surface area contributed by atoms with Crippen molar-refractivity contribution in [2.75, 3.05) is 4.90 Å². The molecule has 0 amide bonds. The van der Waals surface area contributed by atoms with Gasteiger partial charge >= 0.3 is 0 Å². The molecule has 0 aliphatic heterocycles. The number of anilines is 3. The van der Waals surface area contributed by atoms with E-state index >= 15 is 0 Å². The quantitative estimate of drug-likeness (QED) is 0.169. The molecule has 0 aliphatic carbocycles. The van der Waals surface area contributed by atoms with Crippen LogP contribution in [-0.4, -0.2) is 0 Å². The van der Waals surface area contributed by atoms with Crippen molar-refractivity contribution in [1.82, 2.24) is 0 Å². The van der Waals surface area contributed by atoms with Crippen molar-refractivity contribution in [3.8, 4) is 33.4 Å². The van der Waals surface area contributed by atoms with E-state index in [1.807, 2.05) is 23.5 Å². The Hall–Kier alpha value is -7.40. The highest BCUT2D eigenvalue weighted by molar-refractivity contribution is 7.26. The van der Waals surface area contributed by atoms with Crippen LogP contribution in [-0.2, 0) is 0 Å². The van der Waals surface area contributed by atoms with Gasteiger partial charge in [-0.25, -0.2) is 0 Å². The van der Waals surface area contributed by atoms with Gasteiger partial charge in [0.05, 0.1) is 10.4 Å². The molecule has 0 spiro atoms. The van der Waals surface area contributed by atoms with Crippen molar-refractivity contribution in [2.45, 2.75) is 0 Å². The number of hydrogen-bond donors (Lipinski definition) is 0. The summed E-state index contributed by atoms with van der Waals surface area (Å²) in [6.45, 7) is 0. The van der Waals surface area contributed by atoms with E-state index in [1.54, 1.807) is 0 Å². The monoisotopic (exact) mass is 759 g/mol. The summed E-state index contributed by atoms with van der Waals surface area (Å²) in [6, 6.07) is 71.3. The van der Waals surface area contributed by atoms with Crippen LogP contribution in [0.15, 0.2) is 209 Å². The molecular formula is C54H33NO2S. The highest BCUT2D eigenvalue weighted by atomic mass is 32.1. The van der Waals surface area contributed by atoms with Crippen molar-refractivity contribution in [3.05, 3.63) is 200 Å². The minimum atomic E-state index is 0.830. The second-order valence-corrected chi connectivity index (χ2v) is 15.9. The van der Waals surface area contributed by atoms with E-state index in [1.165, 1.54) is 36.9 Å². The van der Waals surface area contributed by atoms with Crippen LogP contribution in [0.2, 0.25) is 0 Å². The molecule has 272 valence electrons. The van der Waals surface area contributed by atoms with Crippen LogP contribution in [0.5, 0.6) is 0 Å². The van der Waals surface area contributed by atoms with Crippen LogP contribution in [0.3, 0.4) is 0 Å². The van der Waals surface area contributed by atoms with E-state index in [0.29, 0.717) is 0 Å². The number of fused-ring (bicyclic) bond motifs is 9. The minimum absolute atomic E-state index is 0.830. The Morgan fingerprint density at radius 3 is 1.81 bits per heavy atom. The molecule has 0 radical (unpaired) electrons. The maximum Gasteiger partial charge on any atom is 0.144 e. The Balaban J connectivity index is 1.10. The Kier molecular flexibility index (Phi) is 7.40. The average molecular weight is 760 g/mol. The van der Waals surface area contributed by atoms with E-state index in [0.717, 1.165) is 77.6 Å². The lowest BCUT2D eigenvalue weighted by Crippen LogP contribution is -2.10. The number of thiophene rings is 1. The predicted molar refractivity (Wildman–Crippen MR) is 245 cm³/mol. The smallest absolute Gasteiger partial charge is 0.144 e. The van der Waals surface area contributed by atoms with Crippen LogP contribution >= 0.6 is 11.3 Å². The molecule has 0 N–H and O–H groups in total. The van der Waals surface area contributed by atoms with Gasteiger partial charge in [-0.3, -0.25) is 0 Å². The van der Waals surface area contributed by atoms with E-state index in [4.69, 9.17) is 8.83 Å². The van der Waals surface area contributed by atoms with E-state index < -0.39 is 0 Å². The van der Waals surface area contributed by atoms with Crippen molar-refractivity contribution in [2.24, 2.45) is 0 Å². The third-order valence-electron chi connectivity index (χ3n) is 11.5. The van der Waals surface area contributed by atoms with Gasteiger partial charge in [-0.15, -0.1) is 11.3 Å². The van der Waals surface area contributed by atoms with Gasteiger partial charge in [0.1, 0.15) is 22.3 Å². The maximum atomic E-state index is 6.95. The first-order chi connectivity index (χ1) is 28.7. The van der Waals surface area contributed by atoms with Crippen LogP contribution < -0.4 is 4.90 Å². The summed E-state index contributed by atoms with van der Waals surface area (Å²) in [5, 5.41) is 6.72. The standard InChI is InChI=1S/C54H33NO2S/c1-3-13-34(14-4-1)36-25-27-37(28-26-36)51-52-43-20-7-9-23-47(43)56-49(52)33-45-44-32-40(29-30-48(44)57-53(45)51)55(39-18-11-17-38(31-39)35-15-5-2-6-16-35)46-22-12-21-42-41-19-8-10-24-50(41)58-54(42)46/h1-33H. The number of para-hydroxylation sites is 1. The van der Waals surface area contributed by atoms with Crippen LogP contribution in [0.4, 0.5) is 17.1 Å². The second kappa shape index (κ2) is 13.1. The lowest BCUT2D eigenvalue weighted by Gasteiger charge is -2.26. The number of hydrogen-bond acceptors (Lipinski definition) is 4. The van der Waals surface area contributed by atoms with E-state index in [-0.39, 0.29) is 0 Å². The fraction of sp³-hybridized carbons (Fsp3) is 0. The summed E-state index contributed by atoms with van der Waals surface area (Å²) in [5.41, 5.74) is 13.5. The largest absolute Gasteiger partial charge is 0.456 e. The highest BCUT2D eigenvalue weighted by Crippen LogP contribution is 2.49. The molecule has 0 unspecified atom stereocenters. The molecule has 12 rings (SSSR count). The summed E-state index contributed by atoms with van der Waals surface area (Å²) < 4.78 is 16.1. The van der Waals surface area contributed by atoms with Gasteiger partial charge in [-0.05, 0) is 82.4 Å². The molecule has 12 aromatic rings. The fourth-order valence-electron chi connectivity index (χ4n) is 8.77. The first kappa shape index (κ1) is 32.8. The molecule has 0 atom stereocenters. The molecule has 4 heteroatoms. The first-order valence-corrected chi connectivity index (χ1v) is 20.4. The Morgan fingerprint density at radius 1 is 0.362 bits per heavy atom. The van der Waals surface area contributed by atoms with Gasteiger partial charge in [0, 0.05) is 54.0 Å². The molecule has 0 bridgehead atoms. The van der Waals surface area contributed by atoms with Gasteiger partial charge in [0.15, 0.2) is 0 Å². The van der Waals surface area contributed by atoms with Crippen molar-refractivity contribution in [3.63, 3.8) is 0 Å². The lowest BCUT2D eigenvalue weighted by molar-refractivity contribution is 0.664. The Bertz CT molecular complexity index is 3500. The zero-order valence-electron chi connectivity index (χ0n) is 31.2. The molecule has 58 heavy (non-hydrogen) atoms. The predicted octanol–water partition coefficient (Wildman–Crippen LogP) is 16.3. The summed E-state index contributed by atoms with van der Waals surface area (Å²) >= 11 is 1.84. The molecular weight excluding hydrogens is 727 g/mol. The van der Waals surface area contributed by atoms with E-state index in [9.17, 15) is 0 Å². The van der Waals surface area contributed by atoms with Crippen molar-refractivity contribution >= 4 is 92.4 Å². The summed E-state index contributed by atoms with van der Waals surface area (Å²) in [5.74, 6) is 0. The van der Waals surface area contributed by atoms with Crippen LogP contribution in [0.1, 0.15) is 0 Å². The molecule has 3 heterocycles. The fourth-order valence-corrected chi connectivity index (χ4v) is 9.97. The maximum absolute atomic E-state index is 6.95. The topological polar surface area (TPSA) is 29.5 Å². The molecule has 3 aromatic heterocycles. The minimum Gasteiger partial charge on any atom is -0.456 e. The molecule has 0 aliphatic rings. The van der Waals surface area contributed by atoms with Crippen LogP contribution in [0, 0.1) is 0 Å². The molecule has 9 aromatic carbocycles. The van der Waals surface area contributed by atoms with Crippen molar-refractivity contribution < 1.29 is 8.83 Å². The third kappa shape index (κ3) is 5.19. The van der Waals surface area contributed by atoms with Gasteiger partial charge < -0.3 is 13.7 Å². The number of benzene rings is 9. The third-order valence-corrected chi connectivity index (χ3v) is 12.7. The van der Waals surface area contributed by atoms with Gasteiger partial charge in [0.2, 0.25) is 0 Å². The Labute approximate surface area is 338 Å². The van der Waals surface area contributed by atoms with Gasteiger partial charge in [-0.2, -0.15) is 0 Å². The van der Waals surface area contributed by atoms with E-state index in [2.05, 4.69) is 193 Å². The number of nitrogens with zero attached hydrogens (tertiary/aromatic N) is 1. The summed E-state index contributed by atoms with van der Waals surface area (Å²) in [6.07, 6.45) is 0. The zero-order chi connectivity index (χ0) is 38.2. The summed E-state index contributed by atoms with van der Waals surface area (Å²) in [4.78, 5) is 2.41. The zero-order valence-corrected chi connectivity index (χ0v) is 32.0. The normalized spacial score (nSPS) is 11.8. The molecule has 0 saturated carbocycles. The molecule has 0 saturated heterocycles. The van der Waals surface area contributed by atoms with Gasteiger partial charge in [-0.1, -0.05) is 146 Å². The average Bonchev–Trinajstić information content (AvgIpc) is 3.98. The van der Waals surface area contributed by atoms with Gasteiger partial charge in [0.25, 0.3) is 0 Å². The summed E-state index contributed by atoms with van der Waals surface area (Å²) in [7, 11) is 0.